The lowest BCUT2D eigenvalue weighted by molar-refractivity contribution is -0.274. The summed E-state index contributed by atoms with van der Waals surface area (Å²) in [5.74, 6) is -4.15. The van der Waals surface area contributed by atoms with Gasteiger partial charge < -0.3 is 19.3 Å². The Bertz CT molecular complexity index is 807. The van der Waals surface area contributed by atoms with E-state index in [1.165, 1.54) is 0 Å². The molecule has 0 aliphatic carbocycles. The van der Waals surface area contributed by atoms with Crippen LogP contribution in [0.3, 0.4) is 0 Å². The third kappa shape index (κ3) is 4.44. The number of ether oxygens (including phenoxy) is 3. The van der Waals surface area contributed by atoms with Crippen molar-refractivity contribution in [3.8, 4) is 23.0 Å². The Balaban J connectivity index is 2.41. The topological polar surface area (TPSA) is 65.0 Å². The molecule has 10 heteroatoms. The van der Waals surface area contributed by atoms with Crippen LogP contribution in [0.2, 0.25) is 5.02 Å². The van der Waals surface area contributed by atoms with Crippen molar-refractivity contribution in [1.82, 2.24) is 0 Å². The number of halogens is 5. The largest absolute Gasteiger partial charge is 0.573 e. The van der Waals surface area contributed by atoms with Gasteiger partial charge in [0.2, 0.25) is 0 Å². The molecule has 134 valence electrons. The number of methoxy groups -OCH3 is 1. The Morgan fingerprint density at radius 2 is 1.76 bits per heavy atom. The molecule has 0 amide bonds. The maximum Gasteiger partial charge on any atom is 0.573 e. The van der Waals surface area contributed by atoms with E-state index >= 15 is 0 Å². The van der Waals surface area contributed by atoms with Crippen LogP contribution < -0.4 is 14.2 Å². The van der Waals surface area contributed by atoms with Crippen LogP contribution >= 0.6 is 11.6 Å². The third-order valence-corrected chi connectivity index (χ3v) is 3.15. The summed E-state index contributed by atoms with van der Waals surface area (Å²) in [7, 11) is 1.15. The first-order valence-corrected chi connectivity index (χ1v) is 6.83. The summed E-state index contributed by atoms with van der Waals surface area (Å²) in [5, 5.41) is 8.67. The van der Waals surface area contributed by atoms with Crippen LogP contribution in [0, 0.1) is 5.82 Å². The lowest BCUT2D eigenvalue weighted by Crippen LogP contribution is -2.17. The molecule has 0 fully saturated rings. The number of carbonyl (C=O) groups is 1. The predicted molar refractivity (Wildman–Crippen MR) is 78.1 cm³/mol. The van der Waals surface area contributed by atoms with E-state index in [0.717, 1.165) is 37.4 Å². The molecule has 0 aromatic heterocycles. The van der Waals surface area contributed by atoms with Gasteiger partial charge in [0.15, 0.2) is 17.3 Å². The first-order chi connectivity index (χ1) is 11.6. The zero-order chi connectivity index (χ0) is 18.8. The van der Waals surface area contributed by atoms with E-state index in [1.807, 2.05) is 0 Å². The molecular weight excluding hydrogens is 372 g/mol. The molecular formula is C15H9ClF4O5. The second kappa shape index (κ2) is 7.06. The fourth-order valence-electron chi connectivity index (χ4n) is 1.87. The van der Waals surface area contributed by atoms with E-state index in [1.54, 1.807) is 0 Å². The maximum atomic E-state index is 13.9. The van der Waals surface area contributed by atoms with Gasteiger partial charge in [-0.3, -0.25) is 0 Å². The predicted octanol–water partition coefficient (Wildman–Crippen LogP) is 4.88. The number of alkyl halides is 3. The minimum Gasteiger partial charge on any atom is -0.493 e. The average Bonchev–Trinajstić information content (AvgIpc) is 2.50. The Hall–Kier alpha value is -2.68. The molecule has 1 N–H and O–H groups in total. The zero-order valence-electron chi connectivity index (χ0n) is 12.4. The monoisotopic (exact) mass is 380 g/mol. The highest BCUT2D eigenvalue weighted by Crippen LogP contribution is 2.38. The summed E-state index contributed by atoms with van der Waals surface area (Å²) in [4.78, 5) is 11.2. The van der Waals surface area contributed by atoms with Crippen molar-refractivity contribution in [3.05, 3.63) is 46.7 Å². The van der Waals surface area contributed by atoms with Gasteiger partial charge in [-0.2, -0.15) is 0 Å². The first-order valence-electron chi connectivity index (χ1n) is 6.45. The van der Waals surface area contributed by atoms with Gasteiger partial charge in [-0.1, -0.05) is 11.6 Å². The maximum absolute atomic E-state index is 13.9. The van der Waals surface area contributed by atoms with E-state index in [9.17, 15) is 22.4 Å². The Kier molecular flexibility index (Phi) is 5.27. The van der Waals surface area contributed by atoms with Gasteiger partial charge in [-0.25, -0.2) is 9.18 Å². The molecule has 2 rings (SSSR count). The molecule has 0 aliphatic rings. The quantitative estimate of drug-likeness (QED) is 0.749. The van der Waals surface area contributed by atoms with Crippen molar-refractivity contribution >= 4 is 17.6 Å². The molecule has 0 atom stereocenters. The molecule has 0 saturated heterocycles. The average molecular weight is 381 g/mol. The van der Waals surface area contributed by atoms with E-state index in [4.69, 9.17) is 26.2 Å². The number of rotatable bonds is 5. The lowest BCUT2D eigenvalue weighted by Gasteiger charge is -2.15. The molecule has 25 heavy (non-hydrogen) atoms. The van der Waals surface area contributed by atoms with Crippen LogP contribution in [0.15, 0.2) is 30.3 Å². The van der Waals surface area contributed by atoms with Crippen LogP contribution in [0.1, 0.15) is 10.4 Å². The highest BCUT2D eigenvalue weighted by molar-refractivity contribution is 6.31. The lowest BCUT2D eigenvalue weighted by atomic mass is 10.2. The fourth-order valence-corrected chi connectivity index (χ4v) is 2.02. The van der Waals surface area contributed by atoms with Gasteiger partial charge in [0, 0.05) is 6.07 Å². The van der Waals surface area contributed by atoms with Crippen LogP contribution in [-0.4, -0.2) is 24.5 Å². The normalized spacial score (nSPS) is 11.1. The van der Waals surface area contributed by atoms with Gasteiger partial charge in [-0.15, -0.1) is 13.2 Å². The van der Waals surface area contributed by atoms with Gasteiger partial charge in [-0.05, 0) is 24.3 Å². The minimum absolute atomic E-state index is 0.152. The van der Waals surface area contributed by atoms with Crippen molar-refractivity contribution < 1.29 is 41.7 Å². The number of hydrogen-bond donors (Lipinski definition) is 1. The second-order valence-electron chi connectivity index (χ2n) is 4.50. The third-order valence-electron chi connectivity index (χ3n) is 2.86. The van der Waals surface area contributed by atoms with E-state index < -0.39 is 40.2 Å². The van der Waals surface area contributed by atoms with Crippen LogP contribution in [0.4, 0.5) is 17.6 Å². The highest BCUT2D eigenvalue weighted by Gasteiger charge is 2.31. The fraction of sp³-hybridized carbons (Fsp3) is 0.133. The molecule has 2 aromatic carbocycles. The summed E-state index contributed by atoms with van der Waals surface area (Å²) >= 11 is 5.53. The van der Waals surface area contributed by atoms with Gasteiger partial charge >= 0.3 is 12.3 Å². The standard InChI is InChI=1S/C15H9ClF4O5/c1-23-11-6-7(25-15(18,19)20)2-4-9(11)24-10-5-3-8(16)13(17)12(10)14(21)22/h2-6H,1H3,(H,21,22). The number of aromatic carboxylic acids is 1. The molecule has 2 aromatic rings. The minimum atomic E-state index is -4.90. The highest BCUT2D eigenvalue weighted by atomic mass is 35.5. The number of carboxylic acids is 1. The van der Waals surface area contributed by atoms with Gasteiger partial charge in [0.05, 0.1) is 12.1 Å². The molecule has 0 aliphatic heterocycles. The molecule has 0 bridgehead atoms. The molecule has 0 radical (unpaired) electrons. The number of hydrogen-bond acceptors (Lipinski definition) is 4. The van der Waals surface area contributed by atoms with Crippen molar-refractivity contribution in [2.45, 2.75) is 6.36 Å². The summed E-state index contributed by atoms with van der Waals surface area (Å²) < 4.78 is 64.5. The van der Waals surface area contributed by atoms with E-state index in [2.05, 4.69) is 4.74 Å². The first kappa shape index (κ1) is 18.7. The van der Waals surface area contributed by atoms with Crippen molar-refractivity contribution in [2.24, 2.45) is 0 Å². The van der Waals surface area contributed by atoms with Gasteiger partial charge in [0.25, 0.3) is 0 Å². The molecule has 0 saturated carbocycles. The summed E-state index contributed by atoms with van der Waals surface area (Å²) in [6.07, 6.45) is -4.90. The second-order valence-corrected chi connectivity index (χ2v) is 4.91. The van der Waals surface area contributed by atoms with Gasteiger partial charge in [0.1, 0.15) is 17.1 Å². The Morgan fingerprint density at radius 3 is 2.32 bits per heavy atom. The molecule has 0 heterocycles. The summed E-state index contributed by atoms with van der Waals surface area (Å²) in [5.41, 5.74) is -0.829. The molecule has 5 nitrogen and oxygen atoms in total. The summed E-state index contributed by atoms with van der Waals surface area (Å²) in [6, 6.07) is 5.05. The smallest absolute Gasteiger partial charge is 0.493 e. The van der Waals surface area contributed by atoms with Crippen LogP contribution in [0.5, 0.6) is 23.0 Å². The van der Waals surface area contributed by atoms with Crippen molar-refractivity contribution in [1.29, 1.82) is 0 Å². The van der Waals surface area contributed by atoms with Crippen molar-refractivity contribution in [2.75, 3.05) is 7.11 Å². The number of benzene rings is 2. The Labute approximate surface area is 143 Å². The molecule has 0 spiro atoms. The summed E-state index contributed by atoms with van der Waals surface area (Å²) in [6.45, 7) is 0. The van der Waals surface area contributed by atoms with Crippen LogP contribution in [0.25, 0.3) is 0 Å². The molecule has 0 unspecified atom stereocenters. The van der Waals surface area contributed by atoms with E-state index in [-0.39, 0.29) is 11.5 Å². The van der Waals surface area contributed by atoms with Crippen molar-refractivity contribution in [3.63, 3.8) is 0 Å². The SMILES string of the molecule is COc1cc(OC(F)(F)F)ccc1Oc1ccc(Cl)c(F)c1C(=O)O. The van der Waals surface area contributed by atoms with E-state index in [0.29, 0.717) is 0 Å². The number of carboxylic acid groups (broad SMARTS) is 1. The zero-order valence-corrected chi connectivity index (χ0v) is 13.1. The Morgan fingerprint density at radius 1 is 1.12 bits per heavy atom. The van der Waals surface area contributed by atoms with Crippen LogP contribution in [-0.2, 0) is 0 Å².